The molecular formula is C22H27NO4S. The van der Waals surface area contributed by atoms with Crippen molar-refractivity contribution in [3.8, 4) is 5.75 Å². The summed E-state index contributed by atoms with van der Waals surface area (Å²) in [6.45, 7) is 0.523. The molecule has 2 aliphatic carbocycles. The van der Waals surface area contributed by atoms with Gasteiger partial charge in [0.05, 0.1) is 31.1 Å². The van der Waals surface area contributed by atoms with E-state index in [4.69, 9.17) is 9.47 Å². The number of aryl methyl sites for hydroxylation is 1. The number of aromatic nitrogens is 1. The Hall–Kier alpha value is -1.47. The molecule has 6 heteroatoms. The van der Waals surface area contributed by atoms with Gasteiger partial charge in [-0.05, 0) is 55.2 Å². The predicted molar refractivity (Wildman–Crippen MR) is 106 cm³/mol. The van der Waals surface area contributed by atoms with Crippen LogP contribution >= 0.6 is 11.3 Å². The smallest absolute Gasteiger partial charge is 0.122 e. The summed E-state index contributed by atoms with van der Waals surface area (Å²) in [5, 5.41) is 22.8. The first-order valence-electron chi connectivity index (χ1n) is 10.3. The van der Waals surface area contributed by atoms with Crippen LogP contribution in [0.15, 0.2) is 23.6 Å². The number of benzene rings is 1. The first kappa shape index (κ1) is 18.6. The molecule has 1 saturated heterocycles. The van der Waals surface area contributed by atoms with Gasteiger partial charge < -0.3 is 19.7 Å². The molecule has 5 atom stereocenters. The second-order valence-corrected chi connectivity index (χ2v) is 9.15. The third kappa shape index (κ3) is 3.36. The SMILES string of the molecule is OCc1csc([C@H]2CC[C@@H]3[C@@H](COc4cccc5c4CCC5)[C@H](O)C[C@@H]3O2)n1. The Kier molecular flexibility index (Phi) is 5.13. The van der Waals surface area contributed by atoms with Crippen LogP contribution in [0, 0.1) is 11.8 Å². The van der Waals surface area contributed by atoms with Gasteiger partial charge in [0, 0.05) is 17.7 Å². The van der Waals surface area contributed by atoms with Gasteiger partial charge in [0.25, 0.3) is 0 Å². The molecule has 3 aliphatic rings. The summed E-state index contributed by atoms with van der Waals surface area (Å²) in [4.78, 5) is 4.47. The quantitative estimate of drug-likeness (QED) is 0.803. The van der Waals surface area contributed by atoms with Crippen LogP contribution in [0.3, 0.4) is 0 Å². The summed E-state index contributed by atoms with van der Waals surface area (Å²) in [6, 6.07) is 6.35. The Morgan fingerprint density at radius 2 is 2.18 bits per heavy atom. The number of thiazole rings is 1. The highest BCUT2D eigenvalue weighted by molar-refractivity contribution is 7.09. The van der Waals surface area contributed by atoms with Gasteiger partial charge in [-0.25, -0.2) is 4.98 Å². The Bertz CT molecular complexity index is 838. The van der Waals surface area contributed by atoms with Crippen LogP contribution in [0.1, 0.15) is 53.6 Å². The van der Waals surface area contributed by atoms with Gasteiger partial charge in [-0.2, -0.15) is 0 Å². The van der Waals surface area contributed by atoms with Crippen LogP contribution in [0.25, 0.3) is 0 Å². The molecule has 150 valence electrons. The zero-order chi connectivity index (χ0) is 19.1. The molecule has 0 bridgehead atoms. The highest BCUT2D eigenvalue weighted by Gasteiger charge is 2.47. The van der Waals surface area contributed by atoms with E-state index in [1.54, 1.807) is 11.3 Å². The number of aliphatic hydroxyl groups is 2. The number of rotatable bonds is 5. The van der Waals surface area contributed by atoms with Crippen molar-refractivity contribution in [2.75, 3.05) is 6.61 Å². The van der Waals surface area contributed by atoms with E-state index in [0.29, 0.717) is 24.6 Å². The number of nitrogens with zero attached hydrogens (tertiary/aromatic N) is 1. The van der Waals surface area contributed by atoms with Crippen molar-refractivity contribution < 1.29 is 19.7 Å². The lowest BCUT2D eigenvalue weighted by molar-refractivity contribution is -0.0812. The number of aliphatic hydroxyl groups excluding tert-OH is 2. The van der Waals surface area contributed by atoms with Crippen LogP contribution in [-0.2, 0) is 24.2 Å². The van der Waals surface area contributed by atoms with E-state index in [-0.39, 0.29) is 30.8 Å². The number of hydrogen-bond acceptors (Lipinski definition) is 6. The van der Waals surface area contributed by atoms with E-state index in [0.717, 1.165) is 36.4 Å². The van der Waals surface area contributed by atoms with E-state index in [1.807, 2.05) is 5.38 Å². The summed E-state index contributed by atoms with van der Waals surface area (Å²) in [5.74, 6) is 1.45. The molecular weight excluding hydrogens is 374 g/mol. The van der Waals surface area contributed by atoms with Crippen molar-refractivity contribution in [1.82, 2.24) is 4.98 Å². The minimum Gasteiger partial charge on any atom is -0.493 e. The van der Waals surface area contributed by atoms with Gasteiger partial charge >= 0.3 is 0 Å². The zero-order valence-corrected chi connectivity index (χ0v) is 16.7. The van der Waals surface area contributed by atoms with Crippen LogP contribution < -0.4 is 4.74 Å². The van der Waals surface area contributed by atoms with Crippen molar-refractivity contribution >= 4 is 11.3 Å². The first-order valence-corrected chi connectivity index (χ1v) is 11.2. The highest BCUT2D eigenvalue weighted by Crippen LogP contribution is 2.46. The van der Waals surface area contributed by atoms with E-state index >= 15 is 0 Å². The lowest BCUT2D eigenvalue weighted by atomic mass is 9.87. The van der Waals surface area contributed by atoms with E-state index < -0.39 is 0 Å². The largest absolute Gasteiger partial charge is 0.493 e. The molecule has 0 radical (unpaired) electrons. The molecule has 2 aromatic rings. The van der Waals surface area contributed by atoms with E-state index in [1.165, 1.54) is 17.5 Å². The van der Waals surface area contributed by atoms with Crippen LogP contribution in [0.4, 0.5) is 0 Å². The molecule has 2 N–H and O–H groups in total. The van der Waals surface area contributed by atoms with Crippen molar-refractivity contribution in [2.45, 2.75) is 63.4 Å². The summed E-state index contributed by atoms with van der Waals surface area (Å²) in [5.41, 5.74) is 3.48. The minimum atomic E-state index is -0.380. The Balaban J connectivity index is 1.24. The van der Waals surface area contributed by atoms with E-state index in [9.17, 15) is 10.2 Å². The fourth-order valence-corrected chi connectivity index (χ4v) is 6.07. The van der Waals surface area contributed by atoms with Gasteiger partial charge in [-0.1, -0.05) is 12.1 Å². The maximum atomic E-state index is 10.7. The molecule has 5 rings (SSSR count). The standard InChI is InChI=1S/C22H27NO4S/c24-10-14-12-28-22(23-14)20-8-7-16-17(18(25)9-21(16)27-20)11-26-19-6-2-4-13-3-1-5-15(13)19/h2,4,6,12,16-18,20-21,24-25H,1,3,5,7-11H2/t16-,17-,18-,20-,21+/m1/s1. The lowest BCUT2D eigenvalue weighted by Gasteiger charge is -2.34. The molecule has 0 amide bonds. The topological polar surface area (TPSA) is 71.8 Å². The second kappa shape index (κ2) is 7.75. The third-order valence-electron chi connectivity index (χ3n) is 6.64. The third-order valence-corrected chi connectivity index (χ3v) is 7.62. The first-order chi connectivity index (χ1) is 13.7. The monoisotopic (exact) mass is 401 g/mol. The lowest BCUT2D eigenvalue weighted by Crippen LogP contribution is -2.33. The highest BCUT2D eigenvalue weighted by atomic mass is 32.1. The van der Waals surface area contributed by atoms with Gasteiger partial charge in [0.15, 0.2) is 0 Å². The van der Waals surface area contributed by atoms with E-state index in [2.05, 4.69) is 23.2 Å². The summed E-state index contributed by atoms with van der Waals surface area (Å²) < 4.78 is 12.6. The molecule has 5 nitrogen and oxygen atoms in total. The van der Waals surface area contributed by atoms with Crippen LogP contribution in [0.5, 0.6) is 5.75 Å². The maximum Gasteiger partial charge on any atom is 0.122 e. The second-order valence-electron chi connectivity index (χ2n) is 8.26. The van der Waals surface area contributed by atoms with Crippen molar-refractivity contribution in [1.29, 1.82) is 0 Å². The van der Waals surface area contributed by atoms with Gasteiger partial charge in [0.1, 0.15) is 16.9 Å². The molecule has 2 fully saturated rings. The Labute approximate surface area is 169 Å². The zero-order valence-electron chi connectivity index (χ0n) is 15.9. The molecule has 1 aromatic heterocycles. The fraction of sp³-hybridized carbons (Fsp3) is 0.591. The van der Waals surface area contributed by atoms with Crippen molar-refractivity contribution in [3.05, 3.63) is 45.4 Å². The molecule has 1 saturated carbocycles. The average molecular weight is 402 g/mol. The van der Waals surface area contributed by atoms with Gasteiger partial charge in [-0.3, -0.25) is 0 Å². The fourth-order valence-electron chi connectivity index (χ4n) is 5.19. The Morgan fingerprint density at radius 1 is 1.25 bits per heavy atom. The number of fused-ring (bicyclic) bond motifs is 2. The van der Waals surface area contributed by atoms with Crippen LogP contribution in [-0.4, -0.2) is 34.0 Å². The molecule has 1 aromatic carbocycles. The van der Waals surface area contributed by atoms with Gasteiger partial charge in [-0.15, -0.1) is 11.3 Å². The molecule has 28 heavy (non-hydrogen) atoms. The molecule has 1 aliphatic heterocycles. The summed E-state index contributed by atoms with van der Waals surface area (Å²) >= 11 is 1.55. The number of ether oxygens (including phenoxy) is 2. The summed E-state index contributed by atoms with van der Waals surface area (Å²) in [6.07, 6.45) is 5.70. The van der Waals surface area contributed by atoms with Crippen molar-refractivity contribution in [2.24, 2.45) is 11.8 Å². The average Bonchev–Trinajstić information content (AvgIpc) is 3.44. The van der Waals surface area contributed by atoms with Crippen molar-refractivity contribution in [3.63, 3.8) is 0 Å². The Morgan fingerprint density at radius 3 is 3.04 bits per heavy atom. The molecule has 0 spiro atoms. The predicted octanol–water partition coefficient (Wildman–Crippen LogP) is 3.42. The molecule has 0 unspecified atom stereocenters. The maximum absolute atomic E-state index is 10.7. The molecule has 2 heterocycles. The van der Waals surface area contributed by atoms with Gasteiger partial charge in [0.2, 0.25) is 0 Å². The number of hydrogen-bond donors (Lipinski definition) is 2. The summed E-state index contributed by atoms with van der Waals surface area (Å²) in [7, 11) is 0. The minimum absolute atomic E-state index is 0.0178. The normalized spacial score (nSPS) is 31.6. The van der Waals surface area contributed by atoms with Crippen LogP contribution in [0.2, 0.25) is 0 Å².